The van der Waals surface area contributed by atoms with Gasteiger partial charge >= 0.3 is 0 Å². The molecule has 13 heteroatoms. The Balaban J connectivity index is 1.09. The van der Waals surface area contributed by atoms with Crippen LogP contribution in [0, 0.1) is 11.8 Å². The van der Waals surface area contributed by atoms with Crippen LogP contribution < -0.4 is 24.2 Å². The van der Waals surface area contributed by atoms with E-state index < -0.39 is 51.4 Å². The molecule has 0 spiro atoms. The van der Waals surface area contributed by atoms with Gasteiger partial charge in [0.15, 0.2) is 0 Å². The molecule has 294 valence electrons. The standard InChI is InChI=1S/C44H44N4O8S/c1-5-31-26-44(31,43(51)47-57(52,53)34-18-12-17-32(21-34)55-27-29-13-8-6-9-14-29)46-42(50)37-22-33(23-39(37)48(3)28(2)49)56-40-19-20-45-38-25-41(54-4)35(24-36(38)40)30-15-10-7-11-16-30/h5-21,24-25,31,33,37,39H,1,22-23,26-27H2,2-4H3,(H,46,50)(H,47,51)/t31-,33-,37-,39+,44-/m1/s1. The van der Waals surface area contributed by atoms with Crippen molar-refractivity contribution in [3.63, 3.8) is 0 Å². The number of rotatable bonds is 14. The van der Waals surface area contributed by atoms with E-state index in [0.29, 0.717) is 29.2 Å². The Bertz CT molecular complexity index is 2430. The molecule has 0 unspecified atom stereocenters. The Kier molecular flexibility index (Phi) is 11.0. The lowest BCUT2D eigenvalue weighted by molar-refractivity contribution is -0.135. The first-order chi connectivity index (χ1) is 27.4. The predicted molar refractivity (Wildman–Crippen MR) is 215 cm³/mol. The van der Waals surface area contributed by atoms with Gasteiger partial charge in [0.1, 0.15) is 35.5 Å². The number of hydrogen-bond acceptors (Lipinski definition) is 9. The van der Waals surface area contributed by atoms with E-state index in [0.717, 1.165) is 22.1 Å². The van der Waals surface area contributed by atoms with Crippen molar-refractivity contribution in [3.05, 3.63) is 128 Å². The highest BCUT2D eigenvalue weighted by Gasteiger charge is 2.61. The van der Waals surface area contributed by atoms with Crippen LogP contribution in [0.1, 0.15) is 31.7 Å². The van der Waals surface area contributed by atoms with Crippen LogP contribution in [0.25, 0.3) is 22.0 Å². The molecule has 2 saturated carbocycles. The van der Waals surface area contributed by atoms with E-state index in [2.05, 4.69) is 21.6 Å². The Morgan fingerprint density at radius 1 is 0.947 bits per heavy atom. The number of carbonyl (C=O) groups excluding carboxylic acids is 3. The third-order valence-corrected chi connectivity index (χ3v) is 12.2. The lowest BCUT2D eigenvalue weighted by Gasteiger charge is -2.29. The van der Waals surface area contributed by atoms with E-state index in [1.165, 1.54) is 36.1 Å². The van der Waals surface area contributed by atoms with E-state index in [1.54, 1.807) is 32.5 Å². The molecule has 1 aromatic heterocycles. The van der Waals surface area contributed by atoms with E-state index in [9.17, 15) is 22.8 Å². The fraction of sp³-hybridized carbons (Fsp3) is 0.273. The third-order valence-electron chi connectivity index (χ3n) is 10.9. The summed E-state index contributed by atoms with van der Waals surface area (Å²) in [6.45, 7) is 5.47. The summed E-state index contributed by atoms with van der Waals surface area (Å²) in [5, 5.41) is 3.63. The number of nitrogens with one attached hydrogen (secondary N) is 2. The Morgan fingerprint density at radius 2 is 1.68 bits per heavy atom. The average molecular weight is 789 g/mol. The minimum Gasteiger partial charge on any atom is -0.496 e. The Hall–Kier alpha value is -6.21. The van der Waals surface area contributed by atoms with Crippen LogP contribution in [-0.2, 0) is 31.0 Å². The van der Waals surface area contributed by atoms with Crippen molar-refractivity contribution in [1.82, 2.24) is 19.9 Å². The monoisotopic (exact) mass is 788 g/mol. The number of sulfonamides is 1. The molecule has 0 aliphatic heterocycles. The summed E-state index contributed by atoms with van der Waals surface area (Å²) in [6.07, 6.45) is 3.39. The van der Waals surface area contributed by atoms with Crippen LogP contribution in [0.4, 0.5) is 0 Å². The van der Waals surface area contributed by atoms with Gasteiger partial charge in [-0.15, -0.1) is 6.58 Å². The molecule has 7 rings (SSSR count). The molecular weight excluding hydrogens is 745 g/mol. The lowest BCUT2D eigenvalue weighted by Crippen LogP contribution is -2.55. The molecule has 0 saturated heterocycles. The average Bonchev–Trinajstić information content (AvgIpc) is 3.79. The first kappa shape index (κ1) is 39.0. The summed E-state index contributed by atoms with van der Waals surface area (Å²) in [5.41, 5.74) is 1.82. The first-order valence-electron chi connectivity index (χ1n) is 18.6. The molecule has 3 amide bonds. The number of hydrogen-bond donors (Lipinski definition) is 2. The van der Waals surface area contributed by atoms with Gasteiger partial charge in [-0.25, -0.2) is 13.1 Å². The van der Waals surface area contributed by atoms with Crippen molar-refractivity contribution in [1.29, 1.82) is 0 Å². The zero-order valence-electron chi connectivity index (χ0n) is 31.9. The molecular formula is C44H44N4O8S. The molecule has 1 heterocycles. The number of aromatic nitrogens is 1. The van der Waals surface area contributed by atoms with E-state index >= 15 is 0 Å². The van der Waals surface area contributed by atoms with Crippen molar-refractivity contribution >= 4 is 38.6 Å². The minimum absolute atomic E-state index is 0.153. The zero-order chi connectivity index (χ0) is 40.3. The second kappa shape index (κ2) is 16.1. The van der Waals surface area contributed by atoms with E-state index in [-0.39, 0.29) is 30.3 Å². The zero-order valence-corrected chi connectivity index (χ0v) is 32.7. The van der Waals surface area contributed by atoms with Gasteiger partial charge in [0.05, 0.1) is 23.4 Å². The van der Waals surface area contributed by atoms with Gasteiger partial charge in [-0.2, -0.15) is 0 Å². The molecule has 5 atom stereocenters. The second-order valence-corrected chi connectivity index (χ2v) is 16.1. The van der Waals surface area contributed by atoms with E-state index in [1.807, 2.05) is 72.8 Å². The van der Waals surface area contributed by atoms with Crippen LogP contribution >= 0.6 is 0 Å². The Labute approximate surface area is 331 Å². The van der Waals surface area contributed by atoms with Gasteiger partial charge < -0.3 is 24.4 Å². The normalized spacial score (nSPS) is 21.2. The fourth-order valence-corrected chi connectivity index (χ4v) is 8.62. The minimum atomic E-state index is -4.37. The molecule has 0 bridgehead atoms. The number of carbonyl (C=O) groups is 3. The second-order valence-electron chi connectivity index (χ2n) is 14.5. The molecule has 12 nitrogen and oxygen atoms in total. The summed E-state index contributed by atoms with van der Waals surface area (Å²) in [7, 11) is -1.13. The van der Waals surface area contributed by atoms with Gasteiger partial charge in [-0.3, -0.25) is 19.4 Å². The maximum Gasteiger partial charge on any atom is 0.264 e. The van der Waals surface area contributed by atoms with Crippen molar-refractivity contribution < 1.29 is 37.0 Å². The van der Waals surface area contributed by atoms with E-state index in [4.69, 9.17) is 14.2 Å². The highest BCUT2D eigenvalue weighted by atomic mass is 32.2. The maximum atomic E-state index is 14.2. The number of nitrogens with zero attached hydrogens (tertiary/aromatic N) is 2. The highest BCUT2D eigenvalue weighted by Crippen LogP contribution is 2.46. The van der Waals surface area contributed by atoms with Crippen LogP contribution in [0.2, 0.25) is 0 Å². The molecule has 57 heavy (non-hydrogen) atoms. The number of benzene rings is 4. The molecule has 2 aliphatic carbocycles. The number of fused-ring (bicyclic) bond motifs is 1. The smallest absolute Gasteiger partial charge is 0.264 e. The van der Waals surface area contributed by atoms with Crippen molar-refractivity contribution in [2.45, 2.75) is 55.4 Å². The quantitative estimate of drug-likeness (QED) is 0.128. The van der Waals surface area contributed by atoms with Crippen LogP contribution in [-0.4, -0.2) is 67.9 Å². The fourth-order valence-electron chi connectivity index (χ4n) is 7.54. The summed E-state index contributed by atoms with van der Waals surface area (Å²) < 4.78 is 47.4. The summed E-state index contributed by atoms with van der Waals surface area (Å²) >= 11 is 0. The predicted octanol–water partition coefficient (Wildman–Crippen LogP) is 6.06. The number of amides is 3. The highest BCUT2D eigenvalue weighted by molar-refractivity contribution is 7.90. The number of ether oxygens (including phenoxy) is 3. The van der Waals surface area contributed by atoms with Gasteiger partial charge in [-0.05, 0) is 48.2 Å². The van der Waals surface area contributed by atoms with Gasteiger partial charge in [0.25, 0.3) is 15.9 Å². The van der Waals surface area contributed by atoms with Crippen LogP contribution in [0.15, 0.2) is 127 Å². The van der Waals surface area contributed by atoms with Crippen molar-refractivity contribution in [2.75, 3.05) is 14.2 Å². The topological polar surface area (TPSA) is 153 Å². The van der Waals surface area contributed by atoms with Crippen molar-refractivity contribution in [3.8, 4) is 28.4 Å². The SMILES string of the molecule is C=C[C@@H]1C[C@]1(NC(=O)[C@@H]1C[C@@H](Oc2ccnc3cc(OC)c(-c4ccccc4)cc23)C[C@@H]1N(C)C(C)=O)C(=O)NS(=O)(=O)c1cccc(OCc2ccccc2)c1. The maximum absolute atomic E-state index is 14.2. The van der Waals surface area contributed by atoms with Crippen LogP contribution in [0.5, 0.6) is 17.2 Å². The molecule has 2 fully saturated rings. The summed E-state index contributed by atoms with van der Waals surface area (Å²) in [6, 6.07) is 30.1. The van der Waals surface area contributed by atoms with Crippen LogP contribution in [0.3, 0.4) is 0 Å². The third kappa shape index (κ3) is 8.20. The molecule has 2 N–H and O–H groups in total. The van der Waals surface area contributed by atoms with Gasteiger partial charge in [0.2, 0.25) is 11.8 Å². The first-order valence-corrected chi connectivity index (χ1v) is 20.1. The molecule has 5 aromatic rings. The lowest BCUT2D eigenvalue weighted by atomic mass is 10.00. The summed E-state index contributed by atoms with van der Waals surface area (Å²) in [4.78, 5) is 46.7. The number of pyridine rings is 1. The molecule has 4 aromatic carbocycles. The molecule has 0 radical (unpaired) electrons. The largest absolute Gasteiger partial charge is 0.496 e. The Morgan fingerprint density at radius 3 is 2.37 bits per heavy atom. The van der Waals surface area contributed by atoms with Crippen molar-refractivity contribution in [2.24, 2.45) is 11.8 Å². The summed E-state index contributed by atoms with van der Waals surface area (Å²) in [5.74, 6) is -1.39. The van der Waals surface area contributed by atoms with Gasteiger partial charge in [0, 0.05) is 61.6 Å². The van der Waals surface area contributed by atoms with Gasteiger partial charge in [-0.1, -0.05) is 72.8 Å². The number of methoxy groups -OCH3 is 1. The molecule has 2 aliphatic rings.